The summed E-state index contributed by atoms with van der Waals surface area (Å²) in [6.45, 7) is 0. The van der Waals surface area contributed by atoms with Gasteiger partial charge in [-0.2, -0.15) is 0 Å². The number of methoxy groups -OCH3 is 1. The topological polar surface area (TPSA) is 47.9 Å². The monoisotopic (exact) mass is 282 g/mol. The van der Waals surface area contributed by atoms with Crippen molar-refractivity contribution in [2.45, 2.75) is 24.7 Å². The summed E-state index contributed by atoms with van der Waals surface area (Å²) < 4.78 is 16.3. The van der Waals surface area contributed by atoms with Crippen LogP contribution in [0.15, 0.2) is 42.2 Å². The van der Waals surface area contributed by atoms with Crippen molar-refractivity contribution in [3.63, 3.8) is 0 Å². The summed E-state index contributed by atoms with van der Waals surface area (Å²) in [5.74, 6) is 1.64. The molecule has 1 aliphatic heterocycles. The molecular formula is C14H19O4P. The maximum Gasteiger partial charge on any atom is 0.194 e. The van der Waals surface area contributed by atoms with Crippen LogP contribution in [-0.2, 0) is 14.0 Å². The molecule has 1 aliphatic rings. The number of ether oxygens (including phenoxy) is 2. The molecule has 2 rings (SSSR count). The fourth-order valence-electron chi connectivity index (χ4n) is 2.18. The van der Waals surface area contributed by atoms with Gasteiger partial charge in [0.15, 0.2) is 8.38 Å². The van der Waals surface area contributed by atoms with Crippen molar-refractivity contribution in [2.24, 2.45) is 0 Å². The van der Waals surface area contributed by atoms with Gasteiger partial charge in [-0.1, -0.05) is 30.3 Å². The SMILES string of the molecule is CO[C@H]1CC(c2ccccc2)O[C@@H]1/C=C/P(O)OC. The number of benzene rings is 1. The second kappa shape index (κ2) is 7.13. The van der Waals surface area contributed by atoms with Crippen LogP contribution in [0.25, 0.3) is 0 Å². The lowest BCUT2D eigenvalue weighted by Crippen LogP contribution is -2.20. The zero-order chi connectivity index (χ0) is 13.7. The van der Waals surface area contributed by atoms with Crippen LogP contribution in [-0.4, -0.2) is 31.3 Å². The summed E-state index contributed by atoms with van der Waals surface area (Å²) in [7, 11) is 1.66. The molecule has 0 saturated carbocycles. The van der Waals surface area contributed by atoms with Gasteiger partial charge in [-0.3, -0.25) is 0 Å². The smallest absolute Gasteiger partial charge is 0.194 e. The highest BCUT2D eigenvalue weighted by atomic mass is 31.2. The summed E-state index contributed by atoms with van der Waals surface area (Å²) in [5, 5.41) is 0. The first-order valence-electron chi connectivity index (χ1n) is 6.18. The highest BCUT2D eigenvalue weighted by Crippen LogP contribution is 2.37. The Balaban J connectivity index is 2.03. The van der Waals surface area contributed by atoms with Gasteiger partial charge in [0.2, 0.25) is 0 Å². The van der Waals surface area contributed by atoms with Crippen LogP contribution in [0.5, 0.6) is 0 Å². The van der Waals surface area contributed by atoms with E-state index in [1.54, 1.807) is 12.9 Å². The van der Waals surface area contributed by atoms with E-state index in [4.69, 9.17) is 14.0 Å². The third kappa shape index (κ3) is 3.85. The number of hydrogen-bond acceptors (Lipinski definition) is 4. The van der Waals surface area contributed by atoms with Crippen LogP contribution in [0.3, 0.4) is 0 Å². The predicted octanol–water partition coefficient (Wildman–Crippen LogP) is 3.00. The average Bonchev–Trinajstić information content (AvgIpc) is 2.89. The Bertz CT molecular complexity index is 409. The second-order valence-electron chi connectivity index (χ2n) is 4.34. The van der Waals surface area contributed by atoms with E-state index in [2.05, 4.69) is 12.1 Å². The molecule has 1 saturated heterocycles. The molecule has 0 radical (unpaired) electrons. The molecule has 2 unspecified atom stereocenters. The van der Waals surface area contributed by atoms with Crippen LogP contribution in [0, 0.1) is 0 Å². The molecule has 0 bridgehead atoms. The fraction of sp³-hybridized carbons (Fsp3) is 0.429. The van der Waals surface area contributed by atoms with Crippen molar-refractivity contribution in [2.75, 3.05) is 14.2 Å². The van der Waals surface area contributed by atoms with Crippen LogP contribution in [0.1, 0.15) is 18.1 Å². The lowest BCUT2D eigenvalue weighted by molar-refractivity contribution is 0.0220. The van der Waals surface area contributed by atoms with E-state index in [0.717, 1.165) is 12.0 Å². The number of hydrogen-bond donors (Lipinski definition) is 1. The van der Waals surface area contributed by atoms with Crippen LogP contribution in [0.2, 0.25) is 0 Å². The van der Waals surface area contributed by atoms with E-state index in [1.165, 1.54) is 7.11 Å². The van der Waals surface area contributed by atoms with Gasteiger partial charge in [0.1, 0.15) is 6.10 Å². The summed E-state index contributed by atoms with van der Waals surface area (Å²) in [4.78, 5) is 9.42. The average molecular weight is 282 g/mol. The van der Waals surface area contributed by atoms with Crippen LogP contribution >= 0.6 is 8.38 Å². The molecule has 4 nitrogen and oxygen atoms in total. The molecule has 0 amide bonds. The van der Waals surface area contributed by atoms with E-state index in [1.807, 2.05) is 24.3 Å². The summed E-state index contributed by atoms with van der Waals surface area (Å²) in [6.07, 6.45) is 2.52. The van der Waals surface area contributed by atoms with E-state index in [0.29, 0.717) is 0 Å². The highest BCUT2D eigenvalue weighted by Gasteiger charge is 2.34. The van der Waals surface area contributed by atoms with E-state index < -0.39 is 8.38 Å². The maximum atomic E-state index is 9.42. The van der Waals surface area contributed by atoms with Gasteiger partial charge in [0.05, 0.1) is 12.2 Å². The molecule has 5 heteroatoms. The highest BCUT2D eigenvalue weighted by molar-refractivity contribution is 7.49. The summed E-state index contributed by atoms with van der Waals surface area (Å²) in [6, 6.07) is 10.1. The Labute approximate surface area is 114 Å². The van der Waals surface area contributed by atoms with Crippen LogP contribution < -0.4 is 0 Å². The van der Waals surface area contributed by atoms with E-state index >= 15 is 0 Å². The molecule has 1 heterocycles. The van der Waals surface area contributed by atoms with Crippen molar-refractivity contribution < 1.29 is 18.9 Å². The third-order valence-electron chi connectivity index (χ3n) is 3.20. The standard InChI is InChI=1S/C14H19O4P/c1-16-14-10-13(11-6-4-3-5-7-11)18-12(14)8-9-19(15)17-2/h3-9,12-15H,10H2,1-2H3/b9-8+/t12-,13?,14+,19?/m1/s1. The van der Waals surface area contributed by atoms with Gasteiger partial charge in [0.25, 0.3) is 0 Å². The van der Waals surface area contributed by atoms with Crippen molar-refractivity contribution in [3.05, 3.63) is 47.8 Å². The predicted molar refractivity (Wildman–Crippen MR) is 74.8 cm³/mol. The Kier molecular flexibility index (Phi) is 5.49. The minimum Gasteiger partial charge on any atom is -0.378 e. The van der Waals surface area contributed by atoms with Gasteiger partial charge in [-0.15, -0.1) is 0 Å². The Hall–Kier alpha value is -0.770. The minimum atomic E-state index is -1.50. The van der Waals surface area contributed by atoms with Crippen molar-refractivity contribution in [3.8, 4) is 0 Å². The molecule has 1 aromatic carbocycles. The fourth-order valence-corrected chi connectivity index (χ4v) is 2.62. The van der Waals surface area contributed by atoms with Gasteiger partial charge in [-0.25, -0.2) is 0 Å². The zero-order valence-electron chi connectivity index (χ0n) is 11.1. The lowest BCUT2D eigenvalue weighted by Gasteiger charge is -2.13. The molecule has 1 aromatic rings. The molecule has 0 spiro atoms. The van der Waals surface area contributed by atoms with Crippen LogP contribution in [0.4, 0.5) is 0 Å². The van der Waals surface area contributed by atoms with Crippen molar-refractivity contribution >= 4 is 8.38 Å². The maximum absolute atomic E-state index is 9.42. The first kappa shape index (κ1) is 14.6. The Morgan fingerprint density at radius 3 is 2.68 bits per heavy atom. The van der Waals surface area contributed by atoms with Gasteiger partial charge < -0.3 is 18.9 Å². The lowest BCUT2D eigenvalue weighted by atomic mass is 10.0. The first-order chi connectivity index (χ1) is 9.24. The van der Waals surface area contributed by atoms with Crippen molar-refractivity contribution in [1.82, 2.24) is 0 Å². The summed E-state index contributed by atoms with van der Waals surface area (Å²) in [5.41, 5.74) is 1.15. The zero-order valence-corrected chi connectivity index (χ0v) is 12.0. The molecule has 104 valence electrons. The molecule has 19 heavy (non-hydrogen) atoms. The molecule has 1 fully saturated rings. The molecule has 0 aromatic heterocycles. The Morgan fingerprint density at radius 1 is 1.32 bits per heavy atom. The van der Waals surface area contributed by atoms with Gasteiger partial charge in [0, 0.05) is 20.6 Å². The first-order valence-corrected chi connectivity index (χ1v) is 7.46. The quantitative estimate of drug-likeness (QED) is 0.843. The third-order valence-corrected chi connectivity index (χ3v) is 4.00. The van der Waals surface area contributed by atoms with Gasteiger partial charge >= 0.3 is 0 Å². The Morgan fingerprint density at radius 2 is 2.05 bits per heavy atom. The largest absolute Gasteiger partial charge is 0.378 e. The van der Waals surface area contributed by atoms with Crippen molar-refractivity contribution in [1.29, 1.82) is 0 Å². The molecule has 0 aliphatic carbocycles. The van der Waals surface area contributed by atoms with E-state index in [-0.39, 0.29) is 18.3 Å². The number of rotatable bonds is 5. The second-order valence-corrected chi connectivity index (χ2v) is 5.60. The minimum absolute atomic E-state index is 0.00159. The summed E-state index contributed by atoms with van der Waals surface area (Å²) >= 11 is 0. The van der Waals surface area contributed by atoms with E-state index in [9.17, 15) is 4.89 Å². The molecule has 1 N–H and O–H groups in total. The normalized spacial score (nSPS) is 28.9. The van der Waals surface area contributed by atoms with Gasteiger partial charge in [-0.05, 0) is 17.5 Å². The molecule has 4 atom stereocenters. The molecular weight excluding hydrogens is 263 g/mol.